The van der Waals surface area contributed by atoms with Gasteiger partial charge in [-0.25, -0.2) is 19.9 Å². The molecule has 0 bridgehead atoms. The van der Waals surface area contributed by atoms with Gasteiger partial charge < -0.3 is 4.42 Å². The predicted molar refractivity (Wildman–Crippen MR) is 555 cm³/mol. The minimum atomic E-state index is -0.674. The quantitative estimate of drug-likeness (QED) is 0.142. The molecule has 0 amide bonds. The second kappa shape index (κ2) is 28.9. The van der Waals surface area contributed by atoms with Crippen molar-refractivity contribution in [2.75, 3.05) is 0 Å². The zero-order valence-corrected chi connectivity index (χ0v) is 76.5. The lowest BCUT2D eigenvalue weighted by molar-refractivity contribution is 0.561. The molecule has 1 unspecified atom stereocenters. The highest BCUT2D eigenvalue weighted by molar-refractivity contribution is 6.07. The first-order chi connectivity index (χ1) is 67.2. The first kappa shape index (κ1) is 78.9. The lowest BCUT2D eigenvalue weighted by atomic mass is 9.55. The summed E-state index contributed by atoms with van der Waals surface area (Å²) in [6, 6.07) is 157. The van der Waals surface area contributed by atoms with Crippen LogP contribution in [0.5, 0.6) is 0 Å². The van der Waals surface area contributed by atoms with Gasteiger partial charge in [-0.15, -0.1) is 10.2 Å². The van der Waals surface area contributed by atoms with Crippen LogP contribution in [0.1, 0.15) is 142 Å². The number of nitrogens with zero attached hydrogens (tertiary/aromatic N) is 6. The Kier molecular flexibility index (Phi) is 16.6. The first-order valence-corrected chi connectivity index (χ1v) is 47.8. The third kappa shape index (κ3) is 10.8. The fraction of sp³-hybridized carbons (Fsp3) is 0.0923. The molecule has 28 rings (SSSR count). The number of para-hydroxylation sites is 2. The van der Waals surface area contributed by atoms with Gasteiger partial charge in [0.15, 0.2) is 11.6 Å². The lowest BCUT2D eigenvalue weighted by Crippen LogP contribution is -2.41. The number of hydrogen-bond donors (Lipinski definition) is 0. The molecular formula is C130H88N6O. The molecule has 644 valence electrons. The van der Waals surface area contributed by atoms with E-state index in [0.717, 1.165) is 105 Å². The van der Waals surface area contributed by atoms with Crippen LogP contribution in [0.25, 0.3) is 168 Å². The average Bonchev–Trinajstić information content (AvgIpc) is 1.53. The summed E-state index contributed by atoms with van der Waals surface area (Å²) in [6.07, 6.45) is 0. The molecule has 7 heteroatoms. The van der Waals surface area contributed by atoms with Gasteiger partial charge in [-0.05, 0) is 226 Å². The van der Waals surface area contributed by atoms with Crippen LogP contribution < -0.4 is 0 Å². The van der Waals surface area contributed by atoms with Crippen molar-refractivity contribution in [3.8, 4) is 135 Å². The number of rotatable bonds is 9. The zero-order valence-electron chi connectivity index (χ0n) is 76.5. The van der Waals surface area contributed by atoms with Crippen molar-refractivity contribution in [3.05, 3.63) is 525 Å². The molecule has 22 aromatic rings. The minimum absolute atomic E-state index is 0.263. The second-order valence-corrected chi connectivity index (χ2v) is 39.7. The standard InChI is InChI=1S/C130H88N6O/c1-125(2)103-49-19-22-52-107(103)129(100-46-16-9-36-91(100)92-37-10-17-47-101(92)129)114-76-86(69-71-106(114)125)124-136-135-123(137-124)85-33-27-31-81(73-85)79-61-59-77(60-62-79)78-63-65-80(66-64-78)119-95-39-12-25-57-115(95)131-121(133-119)84-68-72-110-113(75-84)126(3,4)104-50-20-23-53-108(104)130(110)102-48-18-11-38-94(102)117-88(41-29-55-111(117)130)83-67-70-87-82(74-83)32-28-42-93(87)120-96-40-13-26-58-116(96)132-122(134-120)97-43-30-56-112-118(97)127(5,6)105-51-21-24-54-109(105)128(112)98-44-14-7-34-89(98)90-35-8-15-45-99(90)128/h7-76H,1-6H3. The van der Waals surface area contributed by atoms with Gasteiger partial charge in [0.2, 0.25) is 11.8 Å². The molecule has 0 saturated carbocycles. The average molecular weight is 1750 g/mol. The summed E-state index contributed by atoms with van der Waals surface area (Å²) in [5, 5.41) is 13.8. The zero-order chi connectivity index (χ0) is 91.2. The Morgan fingerprint density at radius 2 is 0.555 bits per heavy atom. The summed E-state index contributed by atoms with van der Waals surface area (Å²) in [7, 11) is 0. The van der Waals surface area contributed by atoms with Crippen molar-refractivity contribution < 1.29 is 4.42 Å². The van der Waals surface area contributed by atoms with Crippen LogP contribution in [-0.2, 0) is 32.5 Å². The van der Waals surface area contributed by atoms with E-state index in [1.807, 2.05) is 0 Å². The van der Waals surface area contributed by atoms with E-state index in [1.165, 1.54) is 139 Å². The maximum atomic E-state index is 6.73. The van der Waals surface area contributed by atoms with Crippen LogP contribution >= 0.6 is 0 Å². The fourth-order valence-corrected chi connectivity index (χ4v) is 25.9. The molecule has 0 aliphatic heterocycles. The van der Waals surface area contributed by atoms with Gasteiger partial charge in [-0.1, -0.05) is 418 Å². The van der Waals surface area contributed by atoms with Gasteiger partial charge in [0.25, 0.3) is 0 Å². The Morgan fingerprint density at radius 3 is 1.15 bits per heavy atom. The molecule has 7 nitrogen and oxygen atoms in total. The van der Waals surface area contributed by atoms with Crippen molar-refractivity contribution in [2.45, 2.75) is 74.0 Å². The Hall–Kier alpha value is -16.7. The Morgan fingerprint density at radius 1 is 0.190 bits per heavy atom. The Balaban J connectivity index is 0.493. The summed E-state index contributed by atoms with van der Waals surface area (Å²) >= 11 is 0. The van der Waals surface area contributed by atoms with E-state index in [9.17, 15) is 0 Å². The normalized spacial score (nSPS) is 15.8. The molecule has 0 radical (unpaired) electrons. The molecular weight excluding hydrogens is 1660 g/mol. The van der Waals surface area contributed by atoms with E-state index in [-0.39, 0.29) is 5.41 Å². The summed E-state index contributed by atoms with van der Waals surface area (Å²) in [5.74, 6) is 2.34. The highest BCUT2D eigenvalue weighted by Gasteiger charge is 2.58. The second-order valence-electron chi connectivity index (χ2n) is 39.7. The highest BCUT2D eigenvalue weighted by atomic mass is 16.4. The summed E-state index contributed by atoms with van der Waals surface area (Å²) in [4.78, 5) is 22.5. The molecule has 3 heterocycles. The van der Waals surface area contributed by atoms with E-state index in [4.69, 9.17) is 34.6 Å². The molecule has 19 aromatic carbocycles. The molecule has 3 aromatic heterocycles. The lowest BCUT2D eigenvalue weighted by Gasteiger charge is -2.47. The largest absolute Gasteiger partial charge is 0.416 e. The van der Waals surface area contributed by atoms with Gasteiger partial charge in [0.05, 0.1) is 38.7 Å². The topological polar surface area (TPSA) is 90.5 Å². The van der Waals surface area contributed by atoms with Crippen molar-refractivity contribution in [1.29, 1.82) is 0 Å². The first-order valence-electron chi connectivity index (χ1n) is 47.8. The molecule has 6 aliphatic rings. The molecule has 0 saturated heterocycles. The van der Waals surface area contributed by atoms with Gasteiger partial charge in [0.1, 0.15) is 0 Å². The van der Waals surface area contributed by atoms with E-state index in [0.29, 0.717) is 23.4 Å². The predicted octanol–water partition coefficient (Wildman–Crippen LogP) is 31.1. The Bertz CT molecular complexity index is 8880. The minimum Gasteiger partial charge on any atom is -0.416 e. The molecule has 137 heavy (non-hydrogen) atoms. The fourth-order valence-electron chi connectivity index (χ4n) is 25.9. The summed E-state index contributed by atoms with van der Waals surface area (Å²) < 4.78 is 6.73. The van der Waals surface area contributed by atoms with Crippen LogP contribution in [0, 0.1) is 0 Å². The monoisotopic (exact) mass is 1750 g/mol. The van der Waals surface area contributed by atoms with E-state index in [2.05, 4.69) is 466 Å². The van der Waals surface area contributed by atoms with E-state index < -0.39 is 27.1 Å². The van der Waals surface area contributed by atoms with Crippen LogP contribution in [-0.4, -0.2) is 30.1 Å². The van der Waals surface area contributed by atoms with Gasteiger partial charge in [-0.3, -0.25) is 0 Å². The van der Waals surface area contributed by atoms with Crippen molar-refractivity contribution >= 4 is 32.6 Å². The van der Waals surface area contributed by atoms with E-state index in [1.54, 1.807) is 0 Å². The Labute approximate surface area is 795 Å². The van der Waals surface area contributed by atoms with Gasteiger partial charge in [-0.2, -0.15) is 0 Å². The summed E-state index contributed by atoms with van der Waals surface area (Å²) in [5.41, 5.74) is 43.9. The molecule has 6 aliphatic carbocycles. The molecule has 0 N–H and O–H groups in total. The smallest absolute Gasteiger partial charge is 0.248 e. The third-order valence-electron chi connectivity index (χ3n) is 31.9. The van der Waals surface area contributed by atoms with Crippen molar-refractivity contribution in [3.63, 3.8) is 0 Å². The van der Waals surface area contributed by atoms with Crippen LogP contribution in [0.3, 0.4) is 0 Å². The van der Waals surface area contributed by atoms with Gasteiger partial charge >= 0.3 is 0 Å². The maximum absolute atomic E-state index is 6.73. The number of benzene rings is 19. The van der Waals surface area contributed by atoms with Crippen LogP contribution in [0.15, 0.2) is 429 Å². The number of aromatic nitrogens is 6. The number of fused-ring (bicyclic) bond motifs is 30. The summed E-state index contributed by atoms with van der Waals surface area (Å²) in [6.45, 7) is 14.3. The molecule has 3 spiro atoms. The third-order valence-corrected chi connectivity index (χ3v) is 31.9. The van der Waals surface area contributed by atoms with Crippen molar-refractivity contribution in [2.24, 2.45) is 0 Å². The van der Waals surface area contributed by atoms with Crippen molar-refractivity contribution in [1.82, 2.24) is 30.1 Å². The highest BCUT2D eigenvalue weighted by Crippen LogP contribution is 2.68. The van der Waals surface area contributed by atoms with E-state index >= 15 is 0 Å². The van der Waals surface area contributed by atoms with Crippen LogP contribution in [0.2, 0.25) is 0 Å². The van der Waals surface area contributed by atoms with Crippen LogP contribution in [0.4, 0.5) is 0 Å². The van der Waals surface area contributed by atoms with Gasteiger partial charge in [0, 0.05) is 60.4 Å². The molecule has 0 fully saturated rings. The SMILES string of the molecule is CC1(C)c2ccccc2C2(c3ccccc3-c3ccccc32)c2cc(-c3nnc(-c4cccc(-c5ccc(-c6ccc(-c7nc(-c8ccc9c(c8)C(C)(C)c8ccccc8C98c9ccccc9-c9c(-c%10ccc%11c(-c%12nc(-c%13cccc%14c%13C(C)(C)c%13ccccc%13C%14%13c%14ccccc%14-c%14ccccc%14%13)nc%13ccccc%12%13)cccc%11c%10)cccc98)nc8ccccc78)cc6)cc5)c4)o3)ccc21. The maximum Gasteiger partial charge on any atom is 0.248 e. The number of hydrogen-bond acceptors (Lipinski definition) is 7. The molecule has 1 atom stereocenters.